The van der Waals surface area contributed by atoms with Crippen LogP contribution in [0.1, 0.15) is 30.1 Å². The molecule has 7 nitrogen and oxygen atoms in total. The molecule has 1 saturated heterocycles. The van der Waals surface area contributed by atoms with Gasteiger partial charge in [0.25, 0.3) is 5.91 Å². The summed E-state index contributed by atoms with van der Waals surface area (Å²) in [6.07, 6.45) is 0.432. The molecule has 160 valence electrons. The highest BCUT2D eigenvalue weighted by atomic mass is 35.5. The zero-order valence-corrected chi connectivity index (χ0v) is 18.4. The first kappa shape index (κ1) is 22.6. The number of carbonyl (C=O) groups excluding carboxylic acids is 2. The number of halogens is 2. The van der Waals surface area contributed by atoms with Crippen LogP contribution in [0.2, 0.25) is 10.0 Å². The van der Waals surface area contributed by atoms with Gasteiger partial charge in [-0.3, -0.25) is 4.79 Å². The Morgan fingerprint density at radius 2 is 1.80 bits per heavy atom. The van der Waals surface area contributed by atoms with Gasteiger partial charge >= 0.3 is 5.97 Å². The molecule has 1 heterocycles. The standard InChI is InChI=1S/C20H20Cl2N2O5S/c1-13(19(25)23-16-6-4-5-15(21)12-16)29-20(26)14-7-8-17(22)18(11-14)30(27,28)24-9-2-3-10-24/h4-8,11-13H,2-3,9-10H2,1H3,(H,23,25)/t13-/m1/s1. The Balaban J connectivity index is 1.73. The van der Waals surface area contributed by atoms with Crippen molar-refractivity contribution in [3.8, 4) is 0 Å². The van der Waals surface area contributed by atoms with Crippen LogP contribution in [0.4, 0.5) is 5.69 Å². The normalized spacial score (nSPS) is 15.6. The summed E-state index contributed by atoms with van der Waals surface area (Å²) in [6.45, 7) is 2.23. The largest absolute Gasteiger partial charge is 0.449 e. The molecule has 2 aromatic carbocycles. The Labute approximate surface area is 185 Å². The molecular weight excluding hydrogens is 451 g/mol. The van der Waals surface area contributed by atoms with Crippen molar-refractivity contribution in [1.29, 1.82) is 0 Å². The van der Waals surface area contributed by atoms with Crippen molar-refractivity contribution in [3.63, 3.8) is 0 Å². The summed E-state index contributed by atoms with van der Waals surface area (Å²) in [5.74, 6) is -1.39. The maximum atomic E-state index is 12.8. The number of nitrogens with zero attached hydrogens (tertiary/aromatic N) is 1. The summed E-state index contributed by atoms with van der Waals surface area (Å²) in [7, 11) is -3.81. The zero-order valence-electron chi connectivity index (χ0n) is 16.1. The van der Waals surface area contributed by atoms with Gasteiger partial charge in [0.05, 0.1) is 10.6 Å². The third-order valence-corrected chi connectivity index (χ3v) is 7.21. The first-order valence-electron chi connectivity index (χ1n) is 9.25. The maximum Gasteiger partial charge on any atom is 0.338 e. The van der Waals surface area contributed by atoms with Gasteiger partial charge in [0.1, 0.15) is 4.90 Å². The van der Waals surface area contributed by atoms with Crippen LogP contribution in [0, 0.1) is 0 Å². The third-order valence-electron chi connectivity index (χ3n) is 4.59. The predicted molar refractivity (Wildman–Crippen MR) is 114 cm³/mol. The van der Waals surface area contributed by atoms with Crippen LogP contribution in [-0.2, 0) is 19.6 Å². The molecular formula is C20H20Cl2N2O5S. The lowest BCUT2D eigenvalue weighted by Crippen LogP contribution is -2.30. The minimum atomic E-state index is -3.81. The van der Waals surface area contributed by atoms with Gasteiger partial charge in [0.2, 0.25) is 10.0 Å². The fourth-order valence-corrected chi connectivity index (χ4v) is 5.20. The molecule has 0 saturated carbocycles. The van der Waals surface area contributed by atoms with E-state index in [4.69, 9.17) is 27.9 Å². The summed E-state index contributed by atoms with van der Waals surface area (Å²) in [4.78, 5) is 24.6. The zero-order chi connectivity index (χ0) is 21.9. The maximum absolute atomic E-state index is 12.8. The second-order valence-corrected chi connectivity index (χ2v) is 9.55. The fourth-order valence-electron chi connectivity index (χ4n) is 2.99. The molecule has 0 bridgehead atoms. The van der Waals surface area contributed by atoms with E-state index in [-0.39, 0.29) is 15.5 Å². The molecule has 1 aliphatic heterocycles. The minimum absolute atomic E-state index is 0.0143. The van der Waals surface area contributed by atoms with Gasteiger partial charge in [-0.25, -0.2) is 13.2 Å². The van der Waals surface area contributed by atoms with Crippen LogP contribution in [0.15, 0.2) is 47.4 Å². The number of anilines is 1. The number of sulfonamides is 1. The summed E-state index contributed by atoms with van der Waals surface area (Å²) in [5.41, 5.74) is 0.445. The lowest BCUT2D eigenvalue weighted by Gasteiger charge is -2.17. The molecule has 0 radical (unpaired) electrons. The summed E-state index contributed by atoms with van der Waals surface area (Å²) >= 11 is 12.0. The monoisotopic (exact) mass is 470 g/mol. The molecule has 10 heteroatoms. The average molecular weight is 471 g/mol. The van der Waals surface area contributed by atoms with Crippen molar-refractivity contribution < 1.29 is 22.7 Å². The van der Waals surface area contributed by atoms with Crippen molar-refractivity contribution in [2.75, 3.05) is 18.4 Å². The van der Waals surface area contributed by atoms with Gasteiger partial charge < -0.3 is 10.1 Å². The molecule has 1 atom stereocenters. The van der Waals surface area contributed by atoms with Gasteiger partial charge in [-0.15, -0.1) is 0 Å². The van der Waals surface area contributed by atoms with E-state index in [1.165, 1.54) is 29.4 Å². The van der Waals surface area contributed by atoms with E-state index in [1.807, 2.05) is 0 Å². The number of carbonyl (C=O) groups is 2. The van der Waals surface area contributed by atoms with E-state index in [0.29, 0.717) is 23.8 Å². The van der Waals surface area contributed by atoms with E-state index in [1.54, 1.807) is 24.3 Å². The molecule has 1 aliphatic rings. The number of nitrogens with one attached hydrogen (secondary N) is 1. The van der Waals surface area contributed by atoms with Crippen LogP contribution >= 0.6 is 23.2 Å². The number of amides is 1. The van der Waals surface area contributed by atoms with Crippen molar-refractivity contribution in [2.45, 2.75) is 30.8 Å². The molecule has 0 aliphatic carbocycles. The second kappa shape index (κ2) is 9.34. The van der Waals surface area contributed by atoms with Gasteiger partial charge in [-0.2, -0.15) is 4.31 Å². The Morgan fingerprint density at radius 3 is 2.47 bits per heavy atom. The van der Waals surface area contributed by atoms with E-state index < -0.39 is 28.0 Å². The smallest absolute Gasteiger partial charge is 0.338 e. The quantitative estimate of drug-likeness (QED) is 0.644. The Morgan fingerprint density at radius 1 is 1.10 bits per heavy atom. The van der Waals surface area contributed by atoms with E-state index in [2.05, 4.69) is 5.32 Å². The van der Waals surface area contributed by atoms with E-state index in [0.717, 1.165) is 12.8 Å². The first-order chi connectivity index (χ1) is 14.2. The van der Waals surface area contributed by atoms with Gasteiger partial charge in [-0.05, 0) is 56.2 Å². The second-order valence-electron chi connectivity index (χ2n) is 6.80. The lowest BCUT2D eigenvalue weighted by atomic mass is 10.2. The molecule has 3 rings (SSSR count). The molecule has 1 N–H and O–H groups in total. The minimum Gasteiger partial charge on any atom is -0.449 e. The van der Waals surface area contributed by atoms with E-state index in [9.17, 15) is 18.0 Å². The van der Waals surface area contributed by atoms with Crippen molar-refractivity contribution >= 4 is 50.8 Å². The SMILES string of the molecule is C[C@@H](OC(=O)c1ccc(Cl)c(S(=O)(=O)N2CCCC2)c1)C(=O)Nc1cccc(Cl)c1. The van der Waals surface area contributed by atoms with Gasteiger partial charge in [0.15, 0.2) is 6.10 Å². The topological polar surface area (TPSA) is 92.8 Å². The Hall–Kier alpha value is -2.13. The van der Waals surface area contributed by atoms with Crippen LogP contribution in [0.25, 0.3) is 0 Å². The average Bonchev–Trinajstić information content (AvgIpc) is 3.23. The van der Waals surface area contributed by atoms with Crippen molar-refractivity contribution in [3.05, 3.63) is 58.1 Å². The summed E-state index contributed by atoms with van der Waals surface area (Å²) < 4.78 is 32.1. The number of benzene rings is 2. The number of esters is 1. The fraction of sp³-hybridized carbons (Fsp3) is 0.300. The van der Waals surface area contributed by atoms with Crippen molar-refractivity contribution in [2.24, 2.45) is 0 Å². The summed E-state index contributed by atoms with van der Waals surface area (Å²) in [6, 6.07) is 10.4. The number of ether oxygens (including phenoxy) is 1. The summed E-state index contributed by atoms with van der Waals surface area (Å²) in [5, 5.41) is 3.07. The van der Waals surface area contributed by atoms with Crippen LogP contribution in [-0.4, -0.2) is 43.8 Å². The molecule has 2 aromatic rings. The Kier molecular flexibility index (Phi) is 7.02. The van der Waals surface area contributed by atoms with E-state index >= 15 is 0 Å². The highest BCUT2D eigenvalue weighted by Crippen LogP contribution is 2.28. The van der Waals surface area contributed by atoms with Crippen LogP contribution in [0.5, 0.6) is 0 Å². The molecule has 0 spiro atoms. The number of rotatable bonds is 6. The van der Waals surface area contributed by atoms with Gasteiger partial charge in [0, 0.05) is 23.8 Å². The van der Waals surface area contributed by atoms with Crippen LogP contribution in [0.3, 0.4) is 0 Å². The van der Waals surface area contributed by atoms with Crippen molar-refractivity contribution in [1.82, 2.24) is 4.31 Å². The molecule has 1 amide bonds. The Bertz CT molecular complexity index is 1070. The highest BCUT2D eigenvalue weighted by Gasteiger charge is 2.30. The number of hydrogen-bond donors (Lipinski definition) is 1. The molecule has 30 heavy (non-hydrogen) atoms. The third kappa shape index (κ3) is 5.13. The van der Waals surface area contributed by atoms with Crippen LogP contribution < -0.4 is 5.32 Å². The molecule has 0 unspecified atom stereocenters. The lowest BCUT2D eigenvalue weighted by molar-refractivity contribution is -0.123. The van der Waals surface area contributed by atoms with Gasteiger partial charge in [-0.1, -0.05) is 29.3 Å². The predicted octanol–water partition coefficient (Wildman–Crippen LogP) is 3.96. The molecule has 1 fully saturated rings. The molecule has 0 aromatic heterocycles. The first-order valence-corrected chi connectivity index (χ1v) is 11.4. The number of hydrogen-bond acceptors (Lipinski definition) is 5. The highest BCUT2D eigenvalue weighted by molar-refractivity contribution is 7.89.